The van der Waals surface area contributed by atoms with Crippen LogP contribution in [0.15, 0.2) is 41.5 Å². The van der Waals surface area contributed by atoms with Gasteiger partial charge >= 0.3 is 5.69 Å². The van der Waals surface area contributed by atoms with Crippen LogP contribution in [0.4, 0.5) is 0 Å². The van der Waals surface area contributed by atoms with Crippen molar-refractivity contribution in [2.24, 2.45) is 7.05 Å². The van der Waals surface area contributed by atoms with Gasteiger partial charge in [-0.1, -0.05) is 18.2 Å². The SMILES string of the molecule is Cn1nc(Cn2ccn(C3CC3)c2=O)c2ccccc21. The molecular formula is C15H16N4O. The molecule has 0 unspecified atom stereocenters. The predicted octanol–water partition coefficient (Wildman–Crippen LogP) is 1.92. The van der Waals surface area contributed by atoms with Gasteiger partial charge in [0.05, 0.1) is 17.8 Å². The number of nitrogens with zero attached hydrogens (tertiary/aromatic N) is 4. The summed E-state index contributed by atoms with van der Waals surface area (Å²) in [6.07, 6.45) is 6.00. The lowest BCUT2D eigenvalue weighted by molar-refractivity contribution is 0.644. The number of hydrogen-bond donors (Lipinski definition) is 0. The first kappa shape index (κ1) is 11.5. The van der Waals surface area contributed by atoms with Gasteiger partial charge < -0.3 is 0 Å². The van der Waals surface area contributed by atoms with Gasteiger partial charge in [-0.15, -0.1) is 0 Å². The van der Waals surface area contributed by atoms with Crippen molar-refractivity contribution in [1.82, 2.24) is 18.9 Å². The number of hydrogen-bond acceptors (Lipinski definition) is 2. The van der Waals surface area contributed by atoms with E-state index in [0.717, 1.165) is 29.4 Å². The number of imidazole rings is 1. The van der Waals surface area contributed by atoms with Crippen LogP contribution in [-0.2, 0) is 13.6 Å². The molecule has 1 aromatic carbocycles. The van der Waals surface area contributed by atoms with E-state index in [1.807, 2.05) is 46.9 Å². The number of benzene rings is 1. The summed E-state index contributed by atoms with van der Waals surface area (Å²) in [7, 11) is 1.93. The second kappa shape index (κ2) is 4.10. The van der Waals surface area contributed by atoms with E-state index in [-0.39, 0.29) is 5.69 Å². The van der Waals surface area contributed by atoms with Gasteiger partial charge in [0.1, 0.15) is 0 Å². The highest BCUT2D eigenvalue weighted by atomic mass is 16.1. The van der Waals surface area contributed by atoms with Crippen LogP contribution in [0.25, 0.3) is 10.9 Å². The first-order valence-electron chi connectivity index (χ1n) is 6.92. The minimum absolute atomic E-state index is 0.0715. The summed E-state index contributed by atoms with van der Waals surface area (Å²) < 4.78 is 5.45. The molecule has 3 aromatic rings. The van der Waals surface area contributed by atoms with E-state index in [9.17, 15) is 4.79 Å². The molecule has 2 aromatic heterocycles. The molecule has 20 heavy (non-hydrogen) atoms. The molecule has 0 aliphatic heterocycles. The topological polar surface area (TPSA) is 44.8 Å². The average Bonchev–Trinajstić information content (AvgIpc) is 3.17. The summed E-state index contributed by atoms with van der Waals surface area (Å²) in [6, 6.07) is 8.53. The van der Waals surface area contributed by atoms with Gasteiger partial charge in [0.25, 0.3) is 0 Å². The third kappa shape index (κ3) is 1.70. The fourth-order valence-corrected chi connectivity index (χ4v) is 2.75. The van der Waals surface area contributed by atoms with Crippen LogP contribution >= 0.6 is 0 Å². The van der Waals surface area contributed by atoms with Crippen LogP contribution in [0, 0.1) is 0 Å². The molecule has 0 atom stereocenters. The van der Waals surface area contributed by atoms with Crippen LogP contribution in [0.5, 0.6) is 0 Å². The van der Waals surface area contributed by atoms with E-state index >= 15 is 0 Å². The second-order valence-corrected chi connectivity index (χ2v) is 5.43. The maximum Gasteiger partial charge on any atom is 0.328 e. The van der Waals surface area contributed by atoms with Gasteiger partial charge in [-0.3, -0.25) is 13.8 Å². The summed E-state index contributed by atoms with van der Waals surface area (Å²) in [4.78, 5) is 12.3. The number of rotatable bonds is 3. The van der Waals surface area contributed by atoms with Crippen molar-refractivity contribution >= 4 is 10.9 Å². The molecule has 102 valence electrons. The Bertz CT molecular complexity index is 835. The largest absolute Gasteiger partial charge is 0.328 e. The van der Waals surface area contributed by atoms with Crippen LogP contribution in [-0.4, -0.2) is 18.9 Å². The molecule has 1 aliphatic rings. The van der Waals surface area contributed by atoms with Crippen LogP contribution in [0.3, 0.4) is 0 Å². The lowest BCUT2D eigenvalue weighted by atomic mass is 10.2. The fourth-order valence-electron chi connectivity index (χ4n) is 2.75. The van der Waals surface area contributed by atoms with E-state index in [0.29, 0.717) is 12.6 Å². The minimum Gasteiger partial charge on any atom is -0.296 e. The molecule has 0 radical (unpaired) electrons. The van der Waals surface area contributed by atoms with Crippen LogP contribution in [0.1, 0.15) is 24.6 Å². The first-order valence-corrected chi connectivity index (χ1v) is 6.92. The fraction of sp³-hybridized carbons (Fsp3) is 0.333. The van der Waals surface area contributed by atoms with E-state index < -0.39 is 0 Å². The smallest absolute Gasteiger partial charge is 0.296 e. The van der Waals surface area contributed by atoms with Crippen LogP contribution in [0.2, 0.25) is 0 Å². The van der Waals surface area contributed by atoms with Crippen molar-refractivity contribution in [3.8, 4) is 0 Å². The summed E-state index contributed by atoms with van der Waals surface area (Å²) in [5.41, 5.74) is 2.11. The molecule has 0 amide bonds. The van der Waals surface area contributed by atoms with Crippen molar-refractivity contribution in [3.05, 3.63) is 52.8 Å². The first-order chi connectivity index (χ1) is 9.74. The van der Waals surface area contributed by atoms with Gasteiger partial charge in [-0.05, 0) is 18.9 Å². The highest BCUT2D eigenvalue weighted by Gasteiger charge is 2.25. The quantitative estimate of drug-likeness (QED) is 0.728. The van der Waals surface area contributed by atoms with Crippen LogP contribution < -0.4 is 5.69 Å². The minimum atomic E-state index is 0.0715. The average molecular weight is 268 g/mol. The summed E-state index contributed by atoms with van der Waals surface area (Å²) >= 11 is 0. The second-order valence-electron chi connectivity index (χ2n) is 5.43. The zero-order chi connectivity index (χ0) is 13.7. The molecule has 1 fully saturated rings. The van der Waals surface area contributed by atoms with Gasteiger partial charge in [0, 0.05) is 30.9 Å². The molecule has 1 saturated carbocycles. The highest BCUT2D eigenvalue weighted by Crippen LogP contribution is 2.33. The molecular weight excluding hydrogens is 252 g/mol. The number of fused-ring (bicyclic) bond motifs is 1. The molecule has 0 N–H and O–H groups in total. The Kier molecular flexibility index (Phi) is 2.36. The van der Waals surface area contributed by atoms with E-state index in [1.54, 1.807) is 4.57 Å². The Morgan fingerprint density at radius 1 is 1.25 bits per heavy atom. The van der Waals surface area contributed by atoms with E-state index in [2.05, 4.69) is 11.2 Å². The molecule has 1 aliphatic carbocycles. The third-order valence-corrected chi connectivity index (χ3v) is 3.97. The number of aromatic nitrogens is 4. The Morgan fingerprint density at radius 2 is 2.05 bits per heavy atom. The molecule has 0 spiro atoms. The van der Waals surface area contributed by atoms with Crippen molar-refractivity contribution in [3.63, 3.8) is 0 Å². The zero-order valence-corrected chi connectivity index (χ0v) is 11.4. The third-order valence-electron chi connectivity index (χ3n) is 3.97. The predicted molar refractivity (Wildman–Crippen MR) is 76.8 cm³/mol. The summed E-state index contributed by atoms with van der Waals surface area (Å²) in [5.74, 6) is 0. The molecule has 2 heterocycles. The van der Waals surface area contributed by atoms with Crippen molar-refractivity contribution < 1.29 is 0 Å². The maximum absolute atomic E-state index is 12.3. The zero-order valence-electron chi connectivity index (χ0n) is 11.4. The van der Waals surface area contributed by atoms with Gasteiger partial charge in [-0.2, -0.15) is 5.10 Å². The van der Waals surface area contributed by atoms with Crippen molar-refractivity contribution in [2.75, 3.05) is 0 Å². The summed E-state index contributed by atoms with van der Waals surface area (Å²) in [6.45, 7) is 0.528. The lowest BCUT2D eigenvalue weighted by Gasteiger charge is -1.99. The Labute approximate surface area is 116 Å². The lowest BCUT2D eigenvalue weighted by Crippen LogP contribution is -2.24. The molecule has 4 rings (SSSR count). The molecule has 0 bridgehead atoms. The number of aryl methyl sites for hydroxylation is 1. The molecule has 0 saturated heterocycles. The Hall–Kier alpha value is -2.30. The van der Waals surface area contributed by atoms with Crippen molar-refractivity contribution in [1.29, 1.82) is 0 Å². The molecule has 5 heteroatoms. The summed E-state index contributed by atoms with van der Waals surface area (Å²) in [5, 5.41) is 5.66. The maximum atomic E-state index is 12.3. The van der Waals surface area contributed by atoms with Gasteiger partial charge in [0.2, 0.25) is 0 Å². The Balaban J connectivity index is 1.76. The Morgan fingerprint density at radius 3 is 2.85 bits per heavy atom. The van der Waals surface area contributed by atoms with Crippen molar-refractivity contribution in [2.45, 2.75) is 25.4 Å². The highest BCUT2D eigenvalue weighted by molar-refractivity contribution is 5.81. The van der Waals surface area contributed by atoms with Gasteiger partial charge in [0.15, 0.2) is 0 Å². The van der Waals surface area contributed by atoms with E-state index in [1.165, 1.54) is 0 Å². The molecule has 5 nitrogen and oxygen atoms in total. The van der Waals surface area contributed by atoms with Gasteiger partial charge in [-0.25, -0.2) is 4.79 Å². The standard InChI is InChI=1S/C15H16N4O/c1-17-14-5-3-2-4-12(14)13(16-17)10-18-8-9-19(15(18)20)11-6-7-11/h2-5,8-9,11H,6-7,10H2,1H3. The number of para-hydroxylation sites is 1. The van der Waals surface area contributed by atoms with E-state index in [4.69, 9.17) is 0 Å². The normalized spacial score (nSPS) is 15.1. The monoisotopic (exact) mass is 268 g/mol.